The lowest BCUT2D eigenvalue weighted by atomic mass is 10.3. The lowest BCUT2D eigenvalue weighted by molar-refractivity contribution is 0.0943. The summed E-state index contributed by atoms with van der Waals surface area (Å²) in [4.78, 5) is 14.5. The van der Waals surface area contributed by atoms with Crippen molar-refractivity contribution in [3.8, 4) is 11.6 Å². The third-order valence-electron chi connectivity index (χ3n) is 3.73. The van der Waals surface area contributed by atoms with Crippen LogP contribution >= 0.6 is 0 Å². The predicted octanol–water partition coefficient (Wildman–Crippen LogP) is 1.95. The van der Waals surface area contributed by atoms with Gasteiger partial charge in [-0.25, -0.2) is 4.68 Å². The summed E-state index contributed by atoms with van der Waals surface area (Å²) < 4.78 is 6.94. The number of rotatable bonds is 8. The van der Waals surface area contributed by atoms with E-state index in [0.717, 1.165) is 25.3 Å². The molecule has 1 aromatic heterocycles. The van der Waals surface area contributed by atoms with Gasteiger partial charge in [0.05, 0.1) is 12.8 Å². The Kier molecular flexibility index (Phi) is 6.17. The molecule has 0 aliphatic heterocycles. The maximum Gasteiger partial charge on any atom is 0.271 e. The van der Waals surface area contributed by atoms with Crippen LogP contribution in [0.5, 0.6) is 5.88 Å². The number of aromatic nitrogens is 2. The van der Waals surface area contributed by atoms with Gasteiger partial charge in [-0.2, -0.15) is 5.10 Å². The molecule has 0 spiro atoms. The highest BCUT2D eigenvalue weighted by Crippen LogP contribution is 2.18. The largest absolute Gasteiger partial charge is 0.481 e. The first kappa shape index (κ1) is 17.0. The minimum absolute atomic E-state index is 0.190. The molecule has 1 amide bonds. The van der Waals surface area contributed by atoms with E-state index in [1.54, 1.807) is 17.9 Å². The van der Waals surface area contributed by atoms with Gasteiger partial charge in [0.15, 0.2) is 5.69 Å². The van der Waals surface area contributed by atoms with E-state index in [-0.39, 0.29) is 5.91 Å². The van der Waals surface area contributed by atoms with Gasteiger partial charge in [-0.3, -0.25) is 4.79 Å². The highest BCUT2D eigenvalue weighted by Gasteiger charge is 2.15. The molecule has 2 aromatic rings. The Morgan fingerprint density at radius 2 is 1.96 bits per heavy atom. The summed E-state index contributed by atoms with van der Waals surface area (Å²) >= 11 is 0. The third-order valence-corrected chi connectivity index (χ3v) is 3.73. The van der Waals surface area contributed by atoms with Crippen LogP contribution in [0.3, 0.4) is 0 Å². The van der Waals surface area contributed by atoms with Crippen molar-refractivity contribution in [2.45, 2.75) is 13.8 Å². The second-order valence-electron chi connectivity index (χ2n) is 5.10. The maximum absolute atomic E-state index is 12.3. The number of hydrogen-bond acceptors (Lipinski definition) is 4. The number of carbonyl (C=O) groups is 1. The molecule has 6 nitrogen and oxygen atoms in total. The van der Waals surface area contributed by atoms with Crippen LogP contribution in [0, 0.1) is 0 Å². The highest BCUT2D eigenvalue weighted by molar-refractivity contribution is 5.92. The standard InChI is InChI=1S/C17H24N4O2/c1-4-20(5-2)12-11-18-17(22)15-13-16(23-3)21(19-15)14-9-7-6-8-10-14/h6-10,13H,4-5,11-12H2,1-3H3,(H,18,22). The zero-order chi connectivity index (χ0) is 16.7. The molecule has 0 unspecified atom stereocenters. The summed E-state index contributed by atoms with van der Waals surface area (Å²) in [7, 11) is 1.57. The number of nitrogens with zero attached hydrogens (tertiary/aromatic N) is 3. The molecule has 0 aliphatic rings. The van der Waals surface area contributed by atoms with E-state index >= 15 is 0 Å². The van der Waals surface area contributed by atoms with E-state index in [2.05, 4.69) is 29.2 Å². The van der Waals surface area contributed by atoms with Crippen molar-refractivity contribution in [3.05, 3.63) is 42.1 Å². The number of carbonyl (C=O) groups excluding carboxylic acids is 1. The molecule has 0 atom stereocenters. The molecule has 23 heavy (non-hydrogen) atoms. The van der Waals surface area contributed by atoms with Crippen molar-refractivity contribution in [2.75, 3.05) is 33.3 Å². The lowest BCUT2D eigenvalue weighted by Gasteiger charge is -2.17. The molecule has 6 heteroatoms. The molecule has 1 heterocycles. The average Bonchev–Trinajstić information content (AvgIpc) is 3.04. The van der Waals surface area contributed by atoms with E-state index in [9.17, 15) is 4.79 Å². The molecule has 0 fully saturated rings. The summed E-state index contributed by atoms with van der Waals surface area (Å²) in [5.74, 6) is 0.343. The number of likely N-dealkylation sites (N-methyl/N-ethyl adjacent to an activating group) is 1. The Morgan fingerprint density at radius 3 is 2.57 bits per heavy atom. The molecule has 0 aliphatic carbocycles. The minimum atomic E-state index is -0.190. The van der Waals surface area contributed by atoms with Gasteiger partial charge in [0.2, 0.25) is 5.88 Å². The number of benzene rings is 1. The first-order chi connectivity index (χ1) is 11.2. The lowest BCUT2D eigenvalue weighted by Crippen LogP contribution is -2.35. The Balaban J connectivity index is 2.05. The molecular formula is C17H24N4O2. The van der Waals surface area contributed by atoms with Crippen LogP contribution < -0.4 is 10.1 Å². The van der Waals surface area contributed by atoms with Crippen molar-refractivity contribution >= 4 is 5.91 Å². The second-order valence-corrected chi connectivity index (χ2v) is 5.10. The van der Waals surface area contributed by atoms with E-state index in [1.807, 2.05) is 30.3 Å². The topological polar surface area (TPSA) is 59.4 Å². The summed E-state index contributed by atoms with van der Waals surface area (Å²) in [6.45, 7) is 7.59. The van der Waals surface area contributed by atoms with Gasteiger partial charge in [0.1, 0.15) is 0 Å². The normalized spacial score (nSPS) is 10.8. The maximum atomic E-state index is 12.3. The molecule has 0 saturated carbocycles. The Morgan fingerprint density at radius 1 is 1.26 bits per heavy atom. The van der Waals surface area contributed by atoms with E-state index in [1.165, 1.54) is 0 Å². The zero-order valence-corrected chi connectivity index (χ0v) is 14.0. The fourth-order valence-electron chi connectivity index (χ4n) is 2.33. The molecule has 0 saturated heterocycles. The molecular weight excluding hydrogens is 292 g/mol. The first-order valence-corrected chi connectivity index (χ1v) is 7.89. The van der Waals surface area contributed by atoms with Crippen LogP contribution in [-0.4, -0.2) is 53.9 Å². The number of para-hydroxylation sites is 1. The quantitative estimate of drug-likeness (QED) is 0.809. The molecule has 1 N–H and O–H groups in total. The van der Waals surface area contributed by atoms with Crippen LogP contribution in [0.15, 0.2) is 36.4 Å². The fraction of sp³-hybridized carbons (Fsp3) is 0.412. The number of methoxy groups -OCH3 is 1. The number of hydrogen-bond donors (Lipinski definition) is 1. The first-order valence-electron chi connectivity index (χ1n) is 7.89. The van der Waals surface area contributed by atoms with E-state index in [0.29, 0.717) is 18.1 Å². The second kappa shape index (κ2) is 8.33. The van der Waals surface area contributed by atoms with E-state index < -0.39 is 0 Å². The number of nitrogens with one attached hydrogen (secondary N) is 1. The molecule has 0 bridgehead atoms. The number of ether oxygens (including phenoxy) is 1. The monoisotopic (exact) mass is 316 g/mol. The molecule has 0 radical (unpaired) electrons. The molecule has 124 valence electrons. The fourth-order valence-corrected chi connectivity index (χ4v) is 2.33. The van der Waals surface area contributed by atoms with Crippen molar-refractivity contribution < 1.29 is 9.53 Å². The van der Waals surface area contributed by atoms with Gasteiger partial charge in [-0.05, 0) is 25.2 Å². The van der Waals surface area contributed by atoms with Gasteiger partial charge >= 0.3 is 0 Å². The highest BCUT2D eigenvalue weighted by atomic mass is 16.5. The summed E-state index contributed by atoms with van der Waals surface area (Å²) in [6.07, 6.45) is 0. The van der Waals surface area contributed by atoms with Crippen LogP contribution in [-0.2, 0) is 0 Å². The number of amides is 1. The Hall–Kier alpha value is -2.34. The van der Waals surface area contributed by atoms with Gasteiger partial charge in [-0.1, -0.05) is 32.0 Å². The van der Waals surface area contributed by atoms with Gasteiger partial charge in [0.25, 0.3) is 5.91 Å². The SMILES string of the molecule is CCN(CC)CCNC(=O)c1cc(OC)n(-c2ccccc2)n1. The summed E-state index contributed by atoms with van der Waals surface area (Å²) in [6, 6.07) is 11.2. The molecule has 2 rings (SSSR count). The van der Waals surface area contributed by atoms with Gasteiger partial charge in [-0.15, -0.1) is 0 Å². The summed E-state index contributed by atoms with van der Waals surface area (Å²) in [5, 5.41) is 7.26. The Labute approximate surface area is 137 Å². The van der Waals surface area contributed by atoms with Crippen LogP contribution in [0.1, 0.15) is 24.3 Å². The third kappa shape index (κ3) is 4.32. The smallest absolute Gasteiger partial charge is 0.271 e. The van der Waals surface area contributed by atoms with Crippen LogP contribution in [0.4, 0.5) is 0 Å². The van der Waals surface area contributed by atoms with Gasteiger partial charge in [0, 0.05) is 19.2 Å². The predicted molar refractivity (Wildman–Crippen MR) is 90.2 cm³/mol. The van der Waals surface area contributed by atoms with Crippen molar-refractivity contribution in [1.29, 1.82) is 0 Å². The van der Waals surface area contributed by atoms with Crippen molar-refractivity contribution in [1.82, 2.24) is 20.0 Å². The Bertz CT molecular complexity index is 621. The molecule has 1 aromatic carbocycles. The van der Waals surface area contributed by atoms with Gasteiger partial charge < -0.3 is 15.0 Å². The minimum Gasteiger partial charge on any atom is -0.481 e. The van der Waals surface area contributed by atoms with Crippen LogP contribution in [0.25, 0.3) is 5.69 Å². The average molecular weight is 316 g/mol. The van der Waals surface area contributed by atoms with Crippen molar-refractivity contribution in [2.24, 2.45) is 0 Å². The summed E-state index contributed by atoms with van der Waals surface area (Å²) in [5.41, 5.74) is 1.21. The van der Waals surface area contributed by atoms with E-state index in [4.69, 9.17) is 4.74 Å². The zero-order valence-electron chi connectivity index (χ0n) is 14.0. The van der Waals surface area contributed by atoms with Crippen molar-refractivity contribution in [3.63, 3.8) is 0 Å². The van der Waals surface area contributed by atoms with Crippen LogP contribution in [0.2, 0.25) is 0 Å².